The molecule has 2 rings (SSSR count). The minimum atomic E-state index is -0.283. The molecule has 20 heavy (non-hydrogen) atoms. The molecule has 0 amide bonds. The Morgan fingerprint density at radius 2 is 1.95 bits per heavy atom. The molecule has 0 spiro atoms. The van der Waals surface area contributed by atoms with Crippen LogP contribution in [0.2, 0.25) is 10.0 Å². The normalized spacial score (nSPS) is 10.1. The molecule has 2 aromatic rings. The molecule has 0 fully saturated rings. The molecule has 0 aliphatic rings. The van der Waals surface area contributed by atoms with Gasteiger partial charge in [-0.25, -0.2) is 0 Å². The molecule has 0 radical (unpaired) electrons. The van der Waals surface area contributed by atoms with Crippen molar-refractivity contribution < 1.29 is 14.3 Å². The van der Waals surface area contributed by atoms with E-state index < -0.39 is 0 Å². The second kappa shape index (κ2) is 6.55. The summed E-state index contributed by atoms with van der Waals surface area (Å²) in [5.41, 5.74) is 0.793. The lowest BCUT2D eigenvalue weighted by molar-refractivity contribution is 0.0921. The van der Waals surface area contributed by atoms with Crippen LogP contribution in [0.15, 0.2) is 42.5 Å². The van der Waals surface area contributed by atoms with Gasteiger partial charge in [-0.3, -0.25) is 9.59 Å². The highest BCUT2D eigenvalue weighted by atomic mass is 35.5. The Morgan fingerprint density at radius 1 is 1.15 bits per heavy atom. The molecule has 0 heterocycles. The number of Topliss-reactive ketones (excluding diaryl/α,β-unsaturated/α-hetero) is 1. The van der Waals surface area contributed by atoms with E-state index in [2.05, 4.69) is 0 Å². The van der Waals surface area contributed by atoms with Crippen LogP contribution in [0.4, 0.5) is 0 Å². The first-order valence-corrected chi connectivity index (χ1v) is 6.52. The van der Waals surface area contributed by atoms with Gasteiger partial charge in [0, 0.05) is 16.1 Å². The molecule has 0 saturated heterocycles. The third-order valence-corrected chi connectivity index (χ3v) is 3.16. The summed E-state index contributed by atoms with van der Waals surface area (Å²) in [5, 5.41) is 0.755. The number of hydrogen-bond acceptors (Lipinski definition) is 3. The highest BCUT2D eigenvalue weighted by molar-refractivity contribution is 6.35. The zero-order valence-corrected chi connectivity index (χ0v) is 11.8. The van der Waals surface area contributed by atoms with E-state index in [1.165, 1.54) is 6.07 Å². The van der Waals surface area contributed by atoms with Crippen LogP contribution < -0.4 is 4.74 Å². The van der Waals surface area contributed by atoms with E-state index in [1.807, 2.05) is 0 Å². The van der Waals surface area contributed by atoms with Crippen LogP contribution >= 0.6 is 23.2 Å². The third kappa shape index (κ3) is 3.59. The first-order chi connectivity index (χ1) is 9.60. The number of aldehydes is 1. The Bertz CT molecular complexity index is 653. The van der Waals surface area contributed by atoms with Gasteiger partial charge in [0.05, 0.1) is 5.02 Å². The van der Waals surface area contributed by atoms with E-state index in [-0.39, 0.29) is 12.4 Å². The van der Waals surface area contributed by atoms with Gasteiger partial charge in [-0.2, -0.15) is 0 Å². The fourth-order valence-corrected chi connectivity index (χ4v) is 2.01. The zero-order chi connectivity index (χ0) is 14.5. The van der Waals surface area contributed by atoms with E-state index in [1.54, 1.807) is 36.4 Å². The van der Waals surface area contributed by atoms with E-state index >= 15 is 0 Å². The molecule has 5 heteroatoms. The van der Waals surface area contributed by atoms with Crippen molar-refractivity contribution >= 4 is 35.3 Å². The summed E-state index contributed by atoms with van der Waals surface area (Å²) in [5.74, 6) is 0.162. The summed E-state index contributed by atoms with van der Waals surface area (Å²) >= 11 is 11.8. The van der Waals surface area contributed by atoms with E-state index in [0.717, 1.165) is 0 Å². The summed E-state index contributed by atoms with van der Waals surface area (Å²) < 4.78 is 5.35. The van der Waals surface area contributed by atoms with Gasteiger partial charge in [-0.15, -0.1) is 0 Å². The SMILES string of the molecule is O=Cc1cccc(OCC(=O)c2cc(Cl)ccc2Cl)c1. The Hall–Kier alpha value is -1.84. The molecule has 0 unspecified atom stereocenters. The summed E-state index contributed by atoms with van der Waals surface area (Å²) in [7, 11) is 0. The highest BCUT2D eigenvalue weighted by Crippen LogP contribution is 2.21. The summed E-state index contributed by atoms with van der Waals surface area (Å²) in [6.45, 7) is -0.178. The predicted molar refractivity (Wildman–Crippen MR) is 78.1 cm³/mol. The molecule has 0 N–H and O–H groups in total. The van der Waals surface area contributed by atoms with E-state index in [9.17, 15) is 9.59 Å². The summed E-state index contributed by atoms with van der Waals surface area (Å²) in [4.78, 5) is 22.7. The van der Waals surface area contributed by atoms with Crippen molar-refractivity contribution in [3.63, 3.8) is 0 Å². The molecule has 102 valence electrons. The van der Waals surface area contributed by atoms with Crippen LogP contribution in [0, 0.1) is 0 Å². The Labute approximate surface area is 126 Å². The Balaban J connectivity index is 2.08. The lowest BCUT2D eigenvalue weighted by Crippen LogP contribution is -2.12. The monoisotopic (exact) mass is 308 g/mol. The van der Waals surface area contributed by atoms with Crippen molar-refractivity contribution in [3.05, 3.63) is 63.6 Å². The first kappa shape index (κ1) is 14.6. The van der Waals surface area contributed by atoms with Gasteiger partial charge in [0.2, 0.25) is 5.78 Å². The summed E-state index contributed by atoms with van der Waals surface area (Å²) in [6.07, 6.45) is 0.711. The topological polar surface area (TPSA) is 43.4 Å². The number of rotatable bonds is 5. The highest BCUT2D eigenvalue weighted by Gasteiger charge is 2.12. The van der Waals surface area contributed by atoms with E-state index in [0.29, 0.717) is 33.2 Å². The van der Waals surface area contributed by atoms with Gasteiger partial charge in [0.15, 0.2) is 6.61 Å². The smallest absolute Gasteiger partial charge is 0.201 e. The predicted octanol–water partition coefficient (Wildman–Crippen LogP) is 4.07. The minimum Gasteiger partial charge on any atom is -0.485 e. The standard InChI is InChI=1S/C15H10Cl2O3/c16-11-4-5-14(17)13(7-11)15(19)9-20-12-3-1-2-10(6-12)8-18/h1-8H,9H2. The minimum absolute atomic E-state index is 0.178. The lowest BCUT2D eigenvalue weighted by Gasteiger charge is -2.07. The first-order valence-electron chi connectivity index (χ1n) is 5.76. The maximum atomic E-state index is 12.0. The molecule has 0 aliphatic carbocycles. The average Bonchev–Trinajstić information content (AvgIpc) is 2.47. The zero-order valence-electron chi connectivity index (χ0n) is 10.3. The maximum Gasteiger partial charge on any atom is 0.201 e. The van der Waals surface area contributed by atoms with Gasteiger partial charge in [-0.05, 0) is 30.3 Å². The van der Waals surface area contributed by atoms with Crippen molar-refractivity contribution in [1.29, 1.82) is 0 Å². The number of ketones is 1. The molecule has 0 atom stereocenters. The number of benzene rings is 2. The second-order valence-corrected chi connectivity index (χ2v) is 4.87. The molecule has 0 saturated carbocycles. The van der Waals surface area contributed by atoms with Crippen molar-refractivity contribution in [2.24, 2.45) is 0 Å². The Morgan fingerprint density at radius 3 is 2.70 bits per heavy atom. The van der Waals surface area contributed by atoms with Gasteiger partial charge in [-0.1, -0.05) is 35.3 Å². The molecular weight excluding hydrogens is 299 g/mol. The van der Waals surface area contributed by atoms with Crippen molar-refractivity contribution in [1.82, 2.24) is 0 Å². The fraction of sp³-hybridized carbons (Fsp3) is 0.0667. The quantitative estimate of drug-likeness (QED) is 0.618. The molecule has 2 aromatic carbocycles. The fourth-order valence-electron chi connectivity index (χ4n) is 1.62. The number of carbonyl (C=O) groups excluding carboxylic acids is 2. The molecule has 3 nitrogen and oxygen atoms in total. The lowest BCUT2D eigenvalue weighted by atomic mass is 10.1. The van der Waals surface area contributed by atoms with Crippen molar-refractivity contribution in [2.45, 2.75) is 0 Å². The van der Waals surface area contributed by atoms with Crippen LogP contribution in [-0.4, -0.2) is 18.7 Å². The van der Waals surface area contributed by atoms with Crippen LogP contribution in [0.5, 0.6) is 5.75 Å². The van der Waals surface area contributed by atoms with Crippen LogP contribution in [0.25, 0.3) is 0 Å². The molecule has 0 aliphatic heterocycles. The van der Waals surface area contributed by atoms with Gasteiger partial charge in [0.25, 0.3) is 0 Å². The number of halogens is 2. The molecule has 0 bridgehead atoms. The van der Waals surface area contributed by atoms with Crippen molar-refractivity contribution in [2.75, 3.05) is 6.61 Å². The largest absolute Gasteiger partial charge is 0.485 e. The maximum absolute atomic E-state index is 12.0. The second-order valence-electron chi connectivity index (χ2n) is 4.03. The number of carbonyl (C=O) groups is 2. The van der Waals surface area contributed by atoms with Crippen molar-refractivity contribution in [3.8, 4) is 5.75 Å². The van der Waals surface area contributed by atoms with E-state index in [4.69, 9.17) is 27.9 Å². The number of ether oxygens (including phenoxy) is 1. The Kier molecular flexibility index (Phi) is 4.77. The third-order valence-electron chi connectivity index (χ3n) is 2.59. The van der Waals surface area contributed by atoms with Gasteiger partial charge >= 0.3 is 0 Å². The van der Waals surface area contributed by atoms with Gasteiger partial charge < -0.3 is 4.74 Å². The van der Waals surface area contributed by atoms with Gasteiger partial charge in [0.1, 0.15) is 12.0 Å². The summed E-state index contributed by atoms with van der Waals surface area (Å²) in [6, 6.07) is 11.2. The number of hydrogen-bond donors (Lipinski definition) is 0. The molecular formula is C15H10Cl2O3. The van der Waals surface area contributed by atoms with Crippen LogP contribution in [0.3, 0.4) is 0 Å². The van der Waals surface area contributed by atoms with Crippen LogP contribution in [-0.2, 0) is 0 Å². The average molecular weight is 309 g/mol. The van der Waals surface area contributed by atoms with Crippen LogP contribution in [0.1, 0.15) is 20.7 Å². The molecule has 0 aromatic heterocycles.